The van der Waals surface area contributed by atoms with E-state index >= 15 is 0 Å². The van der Waals surface area contributed by atoms with Gasteiger partial charge in [-0.1, -0.05) is 0 Å². The molecule has 0 aliphatic heterocycles. The monoisotopic (exact) mass is 726 g/mol. The van der Waals surface area contributed by atoms with E-state index in [0.29, 0.717) is 66.8 Å². The van der Waals surface area contributed by atoms with Gasteiger partial charge in [0.2, 0.25) is 0 Å². The summed E-state index contributed by atoms with van der Waals surface area (Å²) in [6.07, 6.45) is 13.6. The van der Waals surface area contributed by atoms with E-state index in [9.17, 15) is 59.4 Å². The number of hydrogen-bond donors (Lipinski definition) is 6. The Morgan fingerprint density at radius 3 is 0.556 bits per heavy atom. The van der Waals surface area contributed by atoms with E-state index in [1.807, 2.05) is 0 Å². The van der Waals surface area contributed by atoms with Crippen molar-refractivity contribution in [2.75, 3.05) is 0 Å². The van der Waals surface area contributed by atoms with Crippen molar-refractivity contribution in [2.45, 2.75) is 0 Å². The zero-order valence-corrected chi connectivity index (χ0v) is 28.0. The van der Waals surface area contributed by atoms with Gasteiger partial charge in [-0.05, 0) is 176 Å². The number of carboxylic acid groups (broad SMARTS) is 6. The lowest BCUT2D eigenvalue weighted by Gasteiger charge is -2.15. The molecule has 12 heteroatoms. The fourth-order valence-electron chi connectivity index (χ4n) is 5.24. The Labute approximate surface area is 307 Å². The van der Waals surface area contributed by atoms with Crippen LogP contribution in [0.2, 0.25) is 0 Å². The Morgan fingerprint density at radius 1 is 0.259 bits per heavy atom. The molecule has 0 saturated carbocycles. The molecule has 0 bridgehead atoms. The van der Waals surface area contributed by atoms with Gasteiger partial charge in [-0.3, -0.25) is 0 Å². The smallest absolute Gasteiger partial charge is 0.328 e. The van der Waals surface area contributed by atoms with Crippen LogP contribution in [-0.4, -0.2) is 66.5 Å². The van der Waals surface area contributed by atoms with Crippen LogP contribution >= 0.6 is 0 Å². The van der Waals surface area contributed by atoms with Crippen LogP contribution in [0.1, 0.15) is 33.4 Å². The molecule has 0 aliphatic rings. The van der Waals surface area contributed by atoms with Crippen molar-refractivity contribution >= 4 is 72.3 Å². The summed E-state index contributed by atoms with van der Waals surface area (Å²) >= 11 is 0. The summed E-state index contributed by atoms with van der Waals surface area (Å²) in [5, 5.41) is 55.6. The van der Waals surface area contributed by atoms with Gasteiger partial charge in [-0.2, -0.15) is 0 Å². The van der Waals surface area contributed by atoms with Crippen molar-refractivity contribution in [1.29, 1.82) is 0 Å². The number of aliphatic carboxylic acids is 6. The Kier molecular flexibility index (Phi) is 12.9. The second-order valence-electron chi connectivity index (χ2n) is 11.5. The normalized spacial score (nSPS) is 11.8. The van der Waals surface area contributed by atoms with Crippen LogP contribution in [0.15, 0.2) is 109 Å². The summed E-state index contributed by atoms with van der Waals surface area (Å²) in [6.45, 7) is 0. The zero-order chi connectivity index (χ0) is 39.4. The maximum Gasteiger partial charge on any atom is 0.328 e. The van der Waals surface area contributed by atoms with Crippen LogP contribution in [0.4, 0.5) is 0 Å². The molecule has 0 radical (unpaired) electrons. The average Bonchev–Trinajstić information content (AvgIpc) is 3.12. The van der Waals surface area contributed by atoms with E-state index in [1.165, 1.54) is 36.5 Å². The van der Waals surface area contributed by atoms with Crippen molar-refractivity contribution < 1.29 is 59.4 Å². The van der Waals surface area contributed by atoms with Crippen molar-refractivity contribution in [3.05, 3.63) is 143 Å². The molecule has 4 aromatic rings. The lowest BCUT2D eigenvalue weighted by Crippen LogP contribution is -1.92. The highest BCUT2D eigenvalue weighted by Gasteiger charge is 2.12. The summed E-state index contributed by atoms with van der Waals surface area (Å²) < 4.78 is 0. The number of carboxylic acids is 6. The second-order valence-corrected chi connectivity index (χ2v) is 11.5. The van der Waals surface area contributed by atoms with E-state index in [-0.39, 0.29) is 0 Å². The molecule has 0 fully saturated rings. The minimum atomic E-state index is -1.21. The molecular weight excluding hydrogens is 696 g/mol. The van der Waals surface area contributed by atoms with Gasteiger partial charge in [-0.25, -0.2) is 28.8 Å². The molecule has 54 heavy (non-hydrogen) atoms. The van der Waals surface area contributed by atoms with Gasteiger partial charge in [0.05, 0.1) is 0 Å². The molecule has 0 aromatic heterocycles. The first-order valence-electron chi connectivity index (χ1n) is 15.7. The largest absolute Gasteiger partial charge is 0.478 e. The SMILES string of the molecule is O=C(O)/C=C/c1cc(/C=C/C(=O)O)cc(-c2cc(-c3cc(/C=C/C(=O)O)cc(/C=C/C(=O)O)c3)cc(-c3cc(/C=C/C(=O)O)cc(/C=C/C(=O)O)c3)c2)c1. The van der Waals surface area contributed by atoms with Crippen molar-refractivity contribution in [1.82, 2.24) is 0 Å². The number of rotatable bonds is 15. The first-order valence-corrected chi connectivity index (χ1v) is 15.7. The Bertz CT molecular complexity index is 1950. The first kappa shape index (κ1) is 38.9. The Morgan fingerprint density at radius 2 is 0.407 bits per heavy atom. The minimum absolute atomic E-state index is 0.427. The predicted molar refractivity (Wildman–Crippen MR) is 203 cm³/mol. The molecule has 6 N–H and O–H groups in total. The molecule has 0 spiro atoms. The summed E-state index contributed by atoms with van der Waals surface area (Å²) in [7, 11) is 0. The highest BCUT2D eigenvalue weighted by atomic mass is 16.4. The van der Waals surface area contributed by atoms with Gasteiger partial charge in [0.25, 0.3) is 0 Å². The molecule has 0 atom stereocenters. The third-order valence-corrected chi connectivity index (χ3v) is 7.38. The van der Waals surface area contributed by atoms with Crippen molar-refractivity contribution in [3.63, 3.8) is 0 Å². The van der Waals surface area contributed by atoms with Crippen LogP contribution in [0.3, 0.4) is 0 Å². The summed E-state index contributed by atoms with van der Waals surface area (Å²) in [5.41, 5.74) is 5.76. The van der Waals surface area contributed by atoms with Gasteiger partial charge >= 0.3 is 35.8 Å². The van der Waals surface area contributed by atoms with Crippen molar-refractivity contribution in [2.24, 2.45) is 0 Å². The van der Waals surface area contributed by atoms with Gasteiger partial charge in [0.15, 0.2) is 0 Å². The van der Waals surface area contributed by atoms with E-state index in [2.05, 4.69) is 0 Å². The highest BCUT2D eigenvalue weighted by molar-refractivity contribution is 5.92. The maximum atomic E-state index is 11.3. The minimum Gasteiger partial charge on any atom is -0.478 e. The van der Waals surface area contributed by atoms with Crippen molar-refractivity contribution in [3.8, 4) is 33.4 Å². The Balaban J connectivity index is 2.10. The molecule has 0 aliphatic carbocycles. The fourth-order valence-corrected chi connectivity index (χ4v) is 5.24. The summed E-state index contributed by atoms with van der Waals surface area (Å²) in [5.74, 6) is -7.24. The van der Waals surface area contributed by atoms with Crippen LogP contribution in [0.25, 0.3) is 69.8 Å². The molecule has 4 rings (SSSR count). The molecule has 0 heterocycles. The molecular formula is C42H30O12. The van der Waals surface area contributed by atoms with E-state index in [1.54, 1.807) is 72.8 Å². The molecule has 4 aromatic carbocycles. The molecule has 0 saturated heterocycles. The molecule has 12 nitrogen and oxygen atoms in total. The van der Waals surface area contributed by atoms with Crippen LogP contribution < -0.4 is 0 Å². The Hall–Kier alpha value is -7.86. The number of hydrogen-bond acceptors (Lipinski definition) is 6. The second kappa shape index (κ2) is 17.9. The molecule has 0 unspecified atom stereocenters. The van der Waals surface area contributed by atoms with Gasteiger partial charge in [0.1, 0.15) is 0 Å². The third kappa shape index (κ3) is 12.2. The lowest BCUT2D eigenvalue weighted by molar-refractivity contribution is -0.132. The number of benzene rings is 4. The van der Waals surface area contributed by atoms with E-state index in [0.717, 1.165) is 36.5 Å². The fraction of sp³-hybridized carbons (Fsp3) is 0. The maximum absolute atomic E-state index is 11.3. The first-order chi connectivity index (χ1) is 25.6. The molecule has 0 amide bonds. The highest BCUT2D eigenvalue weighted by Crippen LogP contribution is 2.36. The predicted octanol–water partition coefficient (Wildman–Crippen LogP) is 7.27. The third-order valence-electron chi connectivity index (χ3n) is 7.38. The lowest BCUT2D eigenvalue weighted by atomic mass is 9.90. The summed E-state index contributed by atoms with van der Waals surface area (Å²) in [4.78, 5) is 68.1. The molecule has 270 valence electrons. The van der Waals surface area contributed by atoms with E-state index < -0.39 is 35.8 Å². The standard InChI is InChI=1S/C42H30O12/c43-37(44)7-1-25-13-26(2-8-38(45)46)17-31(16-25)34-22-35(32-18-27(3-9-39(47)48)14-28(19-32)4-10-40(49)50)24-36(23-34)33-20-29(5-11-41(51)52)15-30(21-33)6-12-42(53)54/h1-24H,(H,43,44)(H,45,46)(H,47,48)(H,49,50)(H,51,52)(H,53,54)/b7-1+,8-2+,9-3+,10-4+,11-5+,12-6+. The van der Waals surface area contributed by atoms with E-state index in [4.69, 9.17) is 0 Å². The van der Waals surface area contributed by atoms with Crippen LogP contribution in [-0.2, 0) is 28.8 Å². The summed E-state index contributed by atoms with van der Waals surface area (Å²) in [6, 6.07) is 20.2. The average molecular weight is 727 g/mol. The number of carbonyl (C=O) groups is 6. The van der Waals surface area contributed by atoms with Gasteiger partial charge in [-0.15, -0.1) is 0 Å². The van der Waals surface area contributed by atoms with Crippen LogP contribution in [0, 0.1) is 0 Å². The van der Waals surface area contributed by atoms with Gasteiger partial charge in [0, 0.05) is 36.5 Å². The zero-order valence-electron chi connectivity index (χ0n) is 28.0. The van der Waals surface area contributed by atoms with Crippen LogP contribution in [0.5, 0.6) is 0 Å². The topological polar surface area (TPSA) is 224 Å². The van der Waals surface area contributed by atoms with Gasteiger partial charge < -0.3 is 30.6 Å². The quantitative estimate of drug-likeness (QED) is 0.0665.